The number of benzene rings is 3. The second-order valence-electron chi connectivity index (χ2n) is 9.92. The maximum absolute atomic E-state index is 14.0. The Morgan fingerprint density at radius 1 is 0.900 bits per heavy atom. The average Bonchev–Trinajstić information content (AvgIpc) is 3.68. The van der Waals surface area contributed by atoms with E-state index >= 15 is 0 Å². The lowest BCUT2D eigenvalue weighted by Gasteiger charge is -2.40. The van der Waals surface area contributed by atoms with Crippen LogP contribution in [0.15, 0.2) is 84.2 Å². The topological polar surface area (TPSA) is 80.8 Å². The summed E-state index contributed by atoms with van der Waals surface area (Å²) in [6, 6.07) is 24.7. The summed E-state index contributed by atoms with van der Waals surface area (Å²) < 4.78 is 10.5. The van der Waals surface area contributed by atoms with Gasteiger partial charge in [-0.15, -0.1) is 11.3 Å². The maximum atomic E-state index is 14.0. The molecule has 40 heavy (non-hydrogen) atoms. The van der Waals surface area contributed by atoms with Crippen molar-refractivity contribution >= 4 is 28.8 Å². The highest BCUT2D eigenvalue weighted by atomic mass is 32.1. The van der Waals surface area contributed by atoms with Gasteiger partial charge in [0.1, 0.15) is 22.0 Å². The minimum Gasteiger partial charge on any atom is -0.497 e. The number of carbonyl (C=O) groups is 2. The normalized spacial score (nSPS) is 13.9. The molecule has 4 aromatic rings. The van der Waals surface area contributed by atoms with Crippen LogP contribution in [0.25, 0.3) is 11.3 Å². The molecule has 2 amide bonds. The van der Waals surface area contributed by atoms with E-state index in [0.29, 0.717) is 24.3 Å². The number of rotatable bonds is 10. The van der Waals surface area contributed by atoms with Crippen molar-refractivity contribution in [2.24, 2.45) is 0 Å². The number of methoxy groups -OCH3 is 2. The molecule has 3 aromatic carbocycles. The molecule has 0 radical (unpaired) electrons. The minimum atomic E-state index is -0.961. The fourth-order valence-corrected chi connectivity index (χ4v) is 6.05. The summed E-state index contributed by atoms with van der Waals surface area (Å²) in [5.41, 5.74) is 2.43. The van der Waals surface area contributed by atoms with E-state index in [-0.39, 0.29) is 24.8 Å². The molecule has 1 N–H and O–H groups in total. The highest BCUT2D eigenvalue weighted by molar-refractivity contribution is 7.09. The molecule has 1 aromatic heterocycles. The molecule has 206 valence electrons. The zero-order valence-electron chi connectivity index (χ0n) is 22.8. The van der Waals surface area contributed by atoms with Crippen molar-refractivity contribution in [3.8, 4) is 22.8 Å². The molecule has 0 atom stereocenters. The van der Waals surface area contributed by atoms with Crippen molar-refractivity contribution in [3.63, 3.8) is 0 Å². The van der Waals surface area contributed by atoms with Gasteiger partial charge < -0.3 is 19.7 Å². The van der Waals surface area contributed by atoms with Gasteiger partial charge in [-0.2, -0.15) is 0 Å². The van der Waals surface area contributed by atoms with Crippen molar-refractivity contribution in [2.45, 2.75) is 44.2 Å². The Bertz CT molecular complexity index is 1430. The molecule has 5 rings (SSSR count). The number of hydrogen-bond donors (Lipinski definition) is 1. The third-order valence-corrected chi connectivity index (χ3v) is 8.28. The Morgan fingerprint density at radius 3 is 2.15 bits per heavy atom. The molecule has 1 saturated carbocycles. The predicted octanol–water partition coefficient (Wildman–Crippen LogP) is 6.35. The van der Waals surface area contributed by atoms with E-state index in [1.54, 1.807) is 19.1 Å². The zero-order valence-corrected chi connectivity index (χ0v) is 23.6. The first-order valence-electron chi connectivity index (χ1n) is 13.4. The second-order valence-corrected chi connectivity index (χ2v) is 10.9. The number of amides is 2. The van der Waals surface area contributed by atoms with Gasteiger partial charge in [-0.25, -0.2) is 4.98 Å². The molecule has 0 aliphatic heterocycles. The molecule has 0 bridgehead atoms. The second kappa shape index (κ2) is 12.3. The van der Waals surface area contributed by atoms with Gasteiger partial charge in [0.25, 0.3) is 0 Å². The summed E-state index contributed by atoms with van der Waals surface area (Å²) in [5.74, 6) is 1.25. The van der Waals surface area contributed by atoms with E-state index in [0.717, 1.165) is 40.4 Å². The van der Waals surface area contributed by atoms with E-state index < -0.39 is 5.54 Å². The van der Waals surface area contributed by atoms with E-state index in [9.17, 15) is 9.59 Å². The fraction of sp³-hybridized carbons (Fsp3) is 0.281. The van der Waals surface area contributed by atoms with Crippen LogP contribution in [0.2, 0.25) is 0 Å². The Labute approximate surface area is 238 Å². The Morgan fingerprint density at radius 2 is 1.52 bits per heavy atom. The number of aromatic nitrogens is 1. The molecule has 7 nitrogen and oxygen atoms in total. The van der Waals surface area contributed by atoms with Gasteiger partial charge in [0.05, 0.1) is 32.9 Å². The van der Waals surface area contributed by atoms with Gasteiger partial charge in [0.2, 0.25) is 11.8 Å². The first-order valence-corrected chi connectivity index (χ1v) is 14.3. The number of nitrogens with one attached hydrogen (secondary N) is 1. The van der Waals surface area contributed by atoms with Crippen LogP contribution < -0.4 is 14.8 Å². The standard InChI is InChI=1S/C32H33N3O4S/c1-38-26-14-10-24(11-15-26)28-22-40-29(34-28)21-35(30(36)20-23-8-4-3-5-9-23)32(18-6-7-19-32)31(37)33-25-12-16-27(39-2)17-13-25/h3-5,8-17,22H,6-7,18-21H2,1-2H3,(H,33,37). The molecular formula is C32H33N3O4S. The van der Waals surface area contributed by atoms with Gasteiger partial charge >= 0.3 is 0 Å². The van der Waals surface area contributed by atoms with Crippen molar-refractivity contribution < 1.29 is 19.1 Å². The number of ether oxygens (including phenoxy) is 2. The summed E-state index contributed by atoms with van der Waals surface area (Å²) >= 11 is 1.50. The summed E-state index contributed by atoms with van der Waals surface area (Å²) in [4.78, 5) is 34.6. The lowest BCUT2D eigenvalue weighted by Crippen LogP contribution is -2.57. The number of carbonyl (C=O) groups excluding carboxylic acids is 2. The van der Waals surface area contributed by atoms with E-state index in [1.807, 2.05) is 84.2 Å². The fourth-order valence-electron chi connectivity index (χ4n) is 5.26. The number of hydrogen-bond acceptors (Lipinski definition) is 6. The van der Waals surface area contributed by atoms with E-state index in [2.05, 4.69) is 5.32 Å². The van der Waals surface area contributed by atoms with Crippen LogP contribution in [0.3, 0.4) is 0 Å². The van der Waals surface area contributed by atoms with Gasteiger partial charge in [-0.1, -0.05) is 43.2 Å². The van der Waals surface area contributed by atoms with Crippen molar-refractivity contribution in [1.29, 1.82) is 0 Å². The van der Waals surface area contributed by atoms with Crippen molar-refractivity contribution in [1.82, 2.24) is 9.88 Å². The number of thiazole rings is 1. The lowest BCUT2D eigenvalue weighted by molar-refractivity contribution is -0.145. The number of nitrogens with zero attached hydrogens (tertiary/aromatic N) is 2. The monoisotopic (exact) mass is 555 g/mol. The minimum absolute atomic E-state index is 0.0841. The van der Waals surface area contributed by atoms with Gasteiger partial charge in [0.15, 0.2) is 0 Å². The summed E-state index contributed by atoms with van der Waals surface area (Å²) in [7, 11) is 3.25. The Kier molecular flexibility index (Phi) is 8.45. The van der Waals surface area contributed by atoms with Crippen LogP contribution in [-0.4, -0.2) is 41.5 Å². The molecule has 1 aliphatic carbocycles. The first-order chi connectivity index (χ1) is 19.5. The molecule has 1 heterocycles. The summed E-state index contributed by atoms with van der Waals surface area (Å²) in [5, 5.41) is 5.87. The van der Waals surface area contributed by atoms with Crippen LogP contribution in [0.1, 0.15) is 36.3 Å². The largest absolute Gasteiger partial charge is 0.497 e. The molecule has 0 unspecified atom stereocenters. The van der Waals surface area contributed by atoms with Gasteiger partial charge in [-0.3, -0.25) is 9.59 Å². The molecule has 8 heteroatoms. The third kappa shape index (κ3) is 6.02. The van der Waals surface area contributed by atoms with Crippen LogP contribution in [0, 0.1) is 0 Å². The van der Waals surface area contributed by atoms with E-state index in [1.165, 1.54) is 11.3 Å². The van der Waals surface area contributed by atoms with Crippen molar-refractivity contribution in [2.75, 3.05) is 19.5 Å². The number of anilines is 1. The smallest absolute Gasteiger partial charge is 0.250 e. The maximum Gasteiger partial charge on any atom is 0.250 e. The predicted molar refractivity (Wildman–Crippen MR) is 158 cm³/mol. The Hall–Kier alpha value is -4.17. The lowest BCUT2D eigenvalue weighted by atomic mass is 9.92. The van der Waals surface area contributed by atoms with E-state index in [4.69, 9.17) is 14.5 Å². The first kappa shape index (κ1) is 27.4. The highest BCUT2D eigenvalue weighted by Crippen LogP contribution is 2.39. The molecule has 0 spiro atoms. The third-order valence-electron chi connectivity index (χ3n) is 7.45. The van der Waals surface area contributed by atoms with Crippen LogP contribution >= 0.6 is 11.3 Å². The molecule has 1 aliphatic rings. The van der Waals surface area contributed by atoms with Crippen molar-refractivity contribution in [3.05, 3.63) is 94.8 Å². The average molecular weight is 556 g/mol. The van der Waals surface area contributed by atoms with Crippen LogP contribution in [0.4, 0.5) is 5.69 Å². The SMILES string of the molecule is COc1ccc(NC(=O)C2(N(Cc3nc(-c4ccc(OC)cc4)cs3)C(=O)Cc3ccccc3)CCCC2)cc1. The molecule has 0 saturated heterocycles. The summed E-state index contributed by atoms with van der Waals surface area (Å²) in [6.45, 7) is 0.266. The highest BCUT2D eigenvalue weighted by Gasteiger charge is 2.48. The Balaban J connectivity index is 1.45. The summed E-state index contributed by atoms with van der Waals surface area (Å²) in [6.07, 6.45) is 3.17. The van der Waals surface area contributed by atoms with Gasteiger partial charge in [0, 0.05) is 16.6 Å². The van der Waals surface area contributed by atoms with Crippen LogP contribution in [0.5, 0.6) is 11.5 Å². The van der Waals surface area contributed by atoms with Crippen LogP contribution in [-0.2, 0) is 22.6 Å². The molecule has 1 fully saturated rings. The quantitative estimate of drug-likeness (QED) is 0.247. The zero-order chi connectivity index (χ0) is 28.0. The van der Waals surface area contributed by atoms with Gasteiger partial charge in [-0.05, 0) is 66.9 Å². The molecular weight excluding hydrogens is 522 g/mol.